The maximum absolute atomic E-state index is 11.9. The van der Waals surface area contributed by atoms with E-state index in [1.54, 1.807) is 49.6 Å². The standard InChI is InChI=1S/C16H16BrNO4/c1-21-14-5-3-13(4-6-14)18-16(20)10-22-15-7-2-12(17)8-11(15)9-19/h2-8,19H,9-10H2,1H3,(H,18,20). The van der Waals surface area contributed by atoms with Crippen molar-refractivity contribution in [3.63, 3.8) is 0 Å². The second kappa shape index (κ2) is 7.82. The summed E-state index contributed by atoms with van der Waals surface area (Å²) in [6.45, 7) is -0.296. The highest BCUT2D eigenvalue weighted by molar-refractivity contribution is 9.10. The number of halogens is 1. The van der Waals surface area contributed by atoms with Gasteiger partial charge in [-0.05, 0) is 42.5 Å². The molecule has 0 fully saturated rings. The van der Waals surface area contributed by atoms with E-state index in [-0.39, 0.29) is 19.1 Å². The summed E-state index contributed by atoms with van der Waals surface area (Å²) in [5.41, 5.74) is 1.28. The van der Waals surface area contributed by atoms with E-state index in [9.17, 15) is 9.90 Å². The number of benzene rings is 2. The van der Waals surface area contributed by atoms with Crippen LogP contribution in [-0.2, 0) is 11.4 Å². The lowest BCUT2D eigenvalue weighted by Crippen LogP contribution is -2.20. The zero-order valence-corrected chi connectivity index (χ0v) is 13.6. The van der Waals surface area contributed by atoms with E-state index in [0.717, 1.165) is 10.2 Å². The smallest absolute Gasteiger partial charge is 0.262 e. The van der Waals surface area contributed by atoms with Crippen LogP contribution in [0.4, 0.5) is 5.69 Å². The summed E-state index contributed by atoms with van der Waals surface area (Å²) in [7, 11) is 1.58. The topological polar surface area (TPSA) is 67.8 Å². The molecule has 22 heavy (non-hydrogen) atoms. The van der Waals surface area contributed by atoms with Gasteiger partial charge in [0.1, 0.15) is 11.5 Å². The number of carbonyl (C=O) groups excluding carboxylic acids is 1. The highest BCUT2D eigenvalue weighted by Crippen LogP contribution is 2.23. The Labute approximate surface area is 137 Å². The third-order valence-corrected chi connectivity index (χ3v) is 3.42. The molecule has 0 spiro atoms. The molecule has 2 rings (SSSR count). The first-order valence-corrected chi connectivity index (χ1v) is 7.37. The lowest BCUT2D eigenvalue weighted by molar-refractivity contribution is -0.118. The van der Waals surface area contributed by atoms with Crippen LogP contribution in [0.3, 0.4) is 0 Å². The van der Waals surface area contributed by atoms with Crippen LogP contribution >= 0.6 is 15.9 Å². The van der Waals surface area contributed by atoms with Crippen molar-refractivity contribution in [3.8, 4) is 11.5 Å². The number of amides is 1. The Morgan fingerprint density at radius 2 is 1.95 bits per heavy atom. The van der Waals surface area contributed by atoms with Crippen LogP contribution in [0, 0.1) is 0 Å². The van der Waals surface area contributed by atoms with Crippen molar-refractivity contribution >= 4 is 27.5 Å². The highest BCUT2D eigenvalue weighted by atomic mass is 79.9. The number of hydrogen-bond acceptors (Lipinski definition) is 4. The van der Waals surface area contributed by atoms with Gasteiger partial charge in [-0.25, -0.2) is 0 Å². The summed E-state index contributed by atoms with van der Waals surface area (Å²) in [6, 6.07) is 12.2. The van der Waals surface area contributed by atoms with Crippen molar-refractivity contribution < 1.29 is 19.4 Å². The molecule has 2 aromatic rings. The Morgan fingerprint density at radius 1 is 1.23 bits per heavy atom. The van der Waals surface area contributed by atoms with Gasteiger partial charge in [0.2, 0.25) is 0 Å². The predicted octanol–water partition coefficient (Wildman–Crippen LogP) is 2.97. The van der Waals surface area contributed by atoms with Crippen molar-refractivity contribution in [2.75, 3.05) is 19.0 Å². The lowest BCUT2D eigenvalue weighted by Gasteiger charge is -2.11. The first-order chi connectivity index (χ1) is 10.6. The molecule has 116 valence electrons. The monoisotopic (exact) mass is 365 g/mol. The Bertz CT molecular complexity index is 643. The molecule has 0 aliphatic carbocycles. The van der Waals surface area contributed by atoms with E-state index >= 15 is 0 Å². The molecule has 0 bridgehead atoms. The Balaban J connectivity index is 1.92. The number of aliphatic hydroxyl groups is 1. The third kappa shape index (κ3) is 4.47. The third-order valence-electron chi connectivity index (χ3n) is 2.93. The van der Waals surface area contributed by atoms with Gasteiger partial charge in [-0.3, -0.25) is 4.79 Å². The molecule has 0 heterocycles. The fourth-order valence-corrected chi connectivity index (χ4v) is 2.24. The number of hydrogen-bond donors (Lipinski definition) is 2. The molecular formula is C16H16BrNO4. The summed E-state index contributed by atoms with van der Waals surface area (Å²) in [6.07, 6.45) is 0. The van der Waals surface area contributed by atoms with Gasteiger partial charge in [0.25, 0.3) is 5.91 Å². The summed E-state index contributed by atoms with van der Waals surface area (Å²) < 4.78 is 11.3. The van der Waals surface area contributed by atoms with Crippen molar-refractivity contribution in [3.05, 3.63) is 52.5 Å². The van der Waals surface area contributed by atoms with Gasteiger partial charge in [-0.1, -0.05) is 15.9 Å². The van der Waals surface area contributed by atoms with Crippen LogP contribution in [-0.4, -0.2) is 24.7 Å². The minimum atomic E-state index is -0.281. The molecular weight excluding hydrogens is 350 g/mol. The molecule has 1 amide bonds. The van der Waals surface area contributed by atoms with E-state index in [1.807, 2.05) is 0 Å². The summed E-state index contributed by atoms with van der Waals surface area (Å²) in [4.78, 5) is 11.9. The number of carbonyl (C=O) groups is 1. The molecule has 0 aromatic heterocycles. The molecule has 5 nitrogen and oxygen atoms in total. The fraction of sp³-hybridized carbons (Fsp3) is 0.188. The lowest BCUT2D eigenvalue weighted by atomic mass is 10.2. The van der Waals surface area contributed by atoms with Crippen LogP contribution in [0.25, 0.3) is 0 Å². The maximum atomic E-state index is 11.9. The van der Waals surface area contributed by atoms with Crippen LogP contribution < -0.4 is 14.8 Å². The largest absolute Gasteiger partial charge is 0.497 e. The van der Waals surface area contributed by atoms with Gasteiger partial charge in [0, 0.05) is 15.7 Å². The number of anilines is 1. The molecule has 2 N–H and O–H groups in total. The number of ether oxygens (including phenoxy) is 2. The van der Waals surface area contributed by atoms with Crippen LogP contribution in [0.5, 0.6) is 11.5 Å². The van der Waals surface area contributed by atoms with Gasteiger partial charge in [-0.15, -0.1) is 0 Å². The van der Waals surface area contributed by atoms with Crippen molar-refractivity contribution in [2.45, 2.75) is 6.61 Å². The van der Waals surface area contributed by atoms with E-state index in [4.69, 9.17) is 9.47 Å². The fourth-order valence-electron chi connectivity index (χ4n) is 1.83. The minimum Gasteiger partial charge on any atom is -0.497 e. The quantitative estimate of drug-likeness (QED) is 0.825. The van der Waals surface area contributed by atoms with Crippen LogP contribution in [0.15, 0.2) is 46.9 Å². The van der Waals surface area contributed by atoms with Crippen molar-refractivity contribution in [1.29, 1.82) is 0 Å². The SMILES string of the molecule is COc1ccc(NC(=O)COc2ccc(Br)cc2CO)cc1. The minimum absolute atomic E-state index is 0.138. The molecule has 2 aromatic carbocycles. The Morgan fingerprint density at radius 3 is 2.59 bits per heavy atom. The predicted molar refractivity (Wildman–Crippen MR) is 87.2 cm³/mol. The number of methoxy groups -OCH3 is 1. The van der Waals surface area contributed by atoms with Gasteiger partial charge < -0.3 is 19.9 Å². The highest BCUT2D eigenvalue weighted by Gasteiger charge is 2.08. The van der Waals surface area contributed by atoms with E-state index in [2.05, 4.69) is 21.2 Å². The molecule has 0 aliphatic heterocycles. The number of nitrogens with one attached hydrogen (secondary N) is 1. The summed E-state index contributed by atoms with van der Waals surface area (Å²) in [5, 5.41) is 12.0. The van der Waals surface area contributed by atoms with Crippen LogP contribution in [0.2, 0.25) is 0 Å². The second-order valence-corrected chi connectivity index (χ2v) is 5.39. The summed E-state index contributed by atoms with van der Waals surface area (Å²) in [5.74, 6) is 0.921. The second-order valence-electron chi connectivity index (χ2n) is 4.48. The van der Waals surface area contributed by atoms with Gasteiger partial charge in [0.15, 0.2) is 6.61 Å². The molecule has 0 aliphatic rings. The number of rotatable bonds is 6. The zero-order valence-electron chi connectivity index (χ0n) is 12.0. The first-order valence-electron chi connectivity index (χ1n) is 6.58. The molecule has 0 radical (unpaired) electrons. The van der Waals surface area contributed by atoms with Gasteiger partial charge in [-0.2, -0.15) is 0 Å². The van der Waals surface area contributed by atoms with E-state index in [0.29, 0.717) is 17.0 Å². The molecule has 0 saturated heterocycles. The summed E-state index contributed by atoms with van der Waals surface area (Å²) >= 11 is 3.32. The molecule has 0 saturated carbocycles. The first kappa shape index (κ1) is 16.3. The van der Waals surface area contributed by atoms with Gasteiger partial charge in [0.05, 0.1) is 13.7 Å². The zero-order chi connectivity index (χ0) is 15.9. The molecule has 0 unspecified atom stereocenters. The molecule has 6 heteroatoms. The molecule has 0 atom stereocenters. The average molecular weight is 366 g/mol. The number of aliphatic hydroxyl groups excluding tert-OH is 1. The Kier molecular flexibility index (Phi) is 5.80. The van der Waals surface area contributed by atoms with Crippen molar-refractivity contribution in [2.24, 2.45) is 0 Å². The van der Waals surface area contributed by atoms with Crippen molar-refractivity contribution in [1.82, 2.24) is 0 Å². The van der Waals surface area contributed by atoms with Gasteiger partial charge >= 0.3 is 0 Å². The van der Waals surface area contributed by atoms with E-state index < -0.39 is 0 Å². The van der Waals surface area contributed by atoms with Crippen LogP contribution in [0.1, 0.15) is 5.56 Å². The maximum Gasteiger partial charge on any atom is 0.262 e. The average Bonchev–Trinajstić information content (AvgIpc) is 2.54. The Hall–Kier alpha value is -2.05. The van der Waals surface area contributed by atoms with E-state index in [1.165, 1.54) is 0 Å². The normalized spacial score (nSPS) is 10.1.